The fraction of sp³-hybridized carbons (Fsp3) is 0.724. The first kappa shape index (κ1) is 23.1. The minimum absolute atomic E-state index is 0.115. The Kier molecular flexibility index (Phi) is 6.20. The highest BCUT2D eigenvalue weighted by atomic mass is 16.5. The average Bonchev–Trinajstić information content (AvgIpc) is 3.04. The molecule has 0 heterocycles. The molecule has 2 nitrogen and oxygen atoms in total. The second-order valence-electron chi connectivity index (χ2n) is 11.7. The van der Waals surface area contributed by atoms with E-state index in [0.29, 0.717) is 29.1 Å². The Hall–Kier alpha value is -1.12. The van der Waals surface area contributed by atoms with Crippen LogP contribution in [0, 0.1) is 34.5 Å². The predicted octanol–water partition coefficient (Wildman–Crippen LogP) is 7.02. The molecule has 4 rings (SSSR count). The predicted molar refractivity (Wildman–Crippen MR) is 130 cm³/mol. The van der Waals surface area contributed by atoms with Crippen molar-refractivity contribution in [2.45, 2.75) is 92.3 Å². The summed E-state index contributed by atoms with van der Waals surface area (Å²) in [6, 6.07) is 0. The van der Waals surface area contributed by atoms with Crippen molar-refractivity contribution >= 4 is 0 Å². The minimum Gasteiger partial charge on any atom is -0.393 e. The molecule has 7 atom stereocenters. The molecule has 172 valence electrons. The zero-order valence-corrected chi connectivity index (χ0v) is 20.9. The van der Waals surface area contributed by atoms with Gasteiger partial charge < -0.3 is 9.84 Å². The van der Waals surface area contributed by atoms with Gasteiger partial charge in [0, 0.05) is 12.5 Å². The van der Waals surface area contributed by atoms with Gasteiger partial charge in [0.15, 0.2) is 0 Å². The van der Waals surface area contributed by atoms with Crippen molar-refractivity contribution in [3.05, 3.63) is 46.6 Å². The molecule has 0 aliphatic heterocycles. The summed E-state index contributed by atoms with van der Waals surface area (Å²) in [7, 11) is 1.89. The van der Waals surface area contributed by atoms with Gasteiger partial charge in [-0.1, -0.05) is 64.5 Å². The number of methoxy groups -OCH3 is 1. The van der Waals surface area contributed by atoms with Crippen LogP contribution in [-0.2, 0) is 4.74 Å². The number of ether oxygens (including phenoxy) is 1. The number of hydrogen-bond acceptors (Lipinski definition) is 2. The molecular weight excluding hydrogens is 380 g/mol. The van der Waals surface area contributed by atoms with Gasteiger partial charge in [0.2, 0.25) is 0 Å². The highest BCUT2D eigenvalue weighted by Crippen LogP contribution is 2.63. The van der Waals surface area contributed by atoms with E-state index in [1.807, 2.05) is 7.11 Å². The van der Waals surface area contributed by atoms with Gasteiger partial charge in [0.05, 0.1) is 12.2 Å². The van der Waals surface area contributed by atoms with Gasteiger partial charge in [-0.15, -0.1) is 0 Å². The Morgan fingerprint density at radius 1 is 1.19 bits per heavy atom. The van der Waals surface area contributed by atoms with Gasteiger partial charge in [0.1, 0.15) is 0 Å². The average molecular weight is 425 g/mol. The molecule has 0 radical (unpaired) electrons. The van der Waals surface area contributed by atoms with Crippen LogP contribution in [0.3, 0.4) is 0 Å². The second-order valence-corrected chi connectivity index (χ2v) is 11.7. The molecule has 0 spiro atoms. The summed E-state index contributed by atoms with van der Waals surface area (Å²) >= 11 is 0. The summed E-state index contributed by atoms with van der Waals surface area (Å²) < 4.78 is 6.10. The van der Waals surface area contributed by atoms with Gasteiger partial charge in [-0.25, -0.2) is 0 Å². The van der Waals surface area contributed by atoms with E-state index in [1.165, 1.54) is 24.0 Å². The molecular formula is C29H44O2. The molecule has 7 unspecified atom stereocenters. The van der Waals surface area contributed by atoms with E-state index >= 15 is 0 Å². The van der Waals surface area contributed by atoms with Crippen molar-refractivity contribution in [1.29, 1.82) is 0 Å². The SMILES string of the molecule is COC1CC2=C3C=CC4CC(O)CCC4(C)C3CCC2(C)C1=C(C)C=CC(C)C(C)C. The lowest BCUT2D eigenvalue weighted by atomic mass is 9.51. The summed E-state index contributed by atoms with van der Waals surface area (Å²) in [4.78, 5) is 0. The van der Waals surface area contributed by atoms with Gasteiger partial charge in [-0.05, 0) is 91.3 Å². The van der Waals surface area contributed by atoms with E-state index in [2.05, 4.69) is 65.8 Å². The maximum atomic E-state index is 10.3. The minimum atomic E-state index is -0.118. The Bertz CT molecular complexity index is 828. The largest absolute Gasteiger partial charge is 0.393 e. The number of hydrogen-bond donors (Lipinski definition) is 1. The molecule has 0 saturated heterocycles. The van der Waals surface area contributed by atoms with E-state index in [-0.39, 0.29) is 17.6 Å². The molecule has 0 aromatic rings. The zero-order chi connectivity index (χ0) is 22.6. The highest BCUT2D eigenvalue weighted by Gasteiger charge is 2.54. The molecule has 0 aromatic heterocycles. The molecule has 0 bridgehead atoms. The standard InChI is InChI=1S/C29H44O2/c1-18(2)19(3)8-9-20(4)27-26(31-7)17-25-23-11-10-21-16-22(30)12-14-28(21,5)24(23)13-15-29(25,27)6/h8-11,18-19,21-22,24,26,30H,12-17H2,1-7H3. The molecule has 2 heteroatoms. The summed E-state index contributed by atoms with van der Waals surface area (Å²) in [5.41, 5.74) is 6.58. The Morgan fingerprint density at radius 2 is 1.94 bits per heavy atom. The third-order valence-corrected chi connectivity index (χ3v) is 9.73. The molecule has 2 fully saturated rings. The van der Waals surface area contributed by atoms with Crippen LogP contribution < -0.4 is 0 Å². The molecule has 0 amide bonds. The Labute approximate surface area is 190 Å². The monoisotopic (exact) mass is 424 g/mol. The number of rotatable bonds is 4. The van der Waals surface area contributed by atoms with Crippen molar-refractivity contribution in [1.82, 2.24) is 0 Å². The van der Waals surface area contributed by atoms with Crippen molar-refractivity contribution in [2.75, 3.05) is 7.11 Å². The van der Waals surface area contributed by atoms with Crippen LogP contribution >= 0.6 is 0 Å². The Balaban J connectivity index is 1.76. The summed E-state index contributed by atoms with van der Waals surface area (Å²) in [6.45, 7) is 14.2. The smallest absolute Gasteiger partial charge is 0.0832 e. The van der Waals surface area contributed by atoms with E-state index in [0.717, 1.165) is 25.7 Å². The maximum absolute atomic E-state index is 10.3. The lowest BCUT2D eigenvalue weighted by molar-refractivity contribution is 0.000720. The summed E-state index contributed by atoms with van der Waals surface area (Å²) in [5, 5.41) is 10.3. The number of aliphatic hydroxyl groups excluding tert-OH is 1. The topological polar surface area (TPSA) is 29.5 Å². The third-order valence-electron chi connectivity index (χ3n) is 9.73. The van der Waals surface area contributed by atoms with Crippen LogP contribution in [0.4, 0.5) is 0 Å². The van der Waals surface area contributed by atoms with Crippen molar-refractivity contribution in [3.8, 4) is 0 Å². The van der Waals surface area contributed by atoms with E-state index in [1.54, 1.807) is 11.1 Å². The van der Waals surface area contributed by atoms with Gasteiger partial charge in [-0.3, -0.25) is 0 Å². The fourth-order valence-electron chi connectivity index (χ4n) is 7.25. The van der Waals surface area contributed by atoms with Gasteiger partial charge >= 0.3 is 0 Å². The van der Waals surface area contributed by atoms with Crippen LogP contribution in [0.2, 0.25) is 0 Å². The Morgan fingerprint density at radius 3 is 2.61 bits per heavy atom. The van der Waals surface area contributed by atoms with Crippen LogP contribution in [0.5, 0.6) is 0 Å². The lowest BCUT2D eigenvalue weighted by Crippen LogP contribution is -2.45. The molecule has 0 aromatic carbocycles. The normalized spacial score (nSPS) is 42.6. The molecule has 4 aliphatic carbocycles. The van der Waals surface area contributed by atoms with Crippen LogP contribution in [0.1, 0.15) is 80.1 Å². The van der Waals surface area contributed by atoms with Gasteiger partial charge in [0.25, 0.3) is 0 Å². The number of aliphatic hydroxyl groups is 1. The third kappa shape index (κ3) is 3.72. The number of fused-ring (bicyclic) bond motifs is 4. The van der Waals surface area contributed by atoms with E-state index < -0.39 is 0 Å². The van der Waals surface area contributed by atoms with Crippen molar-refractivity contribution < 1.29 is 9.84 Å². The molecule has 1 N–H and O–H groups in total. The van der Waals surface area contributed by atoms with Gasteiger partial charge in [-0.2, -0.15) is 0 Å². The van der Waals surface area contributed by atoms with Crippen molar-refractivity contribution in [2.24, 2.45) is 34.5 Å². The summed E-state index contributed by atoms with van der Waals surface area (Å²) in [6.07, 6.45) is 16.3. The second kappa shape index (κ2) is 8.34. The molecule has 4 aliphatic rings. The molecule has 2 saturated carbocycles. The summed E-state index contributed by atoms with van der Waals surface area (Å²) in [5.74, 6) is 2.40. The first-order valence-electron chi connectivity index (χ1n) is 12.6. The highest BCUT2D eigenvalue weighted by molar-refractivity contribution is 5.52. The van der Waals surface area contributed by atoms with E-state index in [9.17, 15) is 5.11 Å². The fourth-order valence-corrected chi connectivity index (χ4v) is 7.25. The van der Waals surface area contributed by atoms with Crippen LogP contribution in [-0.4, -0.2) is 24.4 Å². The maximum Gasteiger partial charge on any atom is 0.0832 e. The van der Waals surface area contributed by atoms with E-state index in [4.69, 9.17) is 4.74 Å². The number of allylic oxidation sites excluding steroid dienone is 6. The lowest BCUT2D eigenvalue weighted by Gasteiger charge is -2.53. The van der Waals surface area contributed by atoms with Crippen molar-refractivity contribution in [3.63, 3.8) is 0 Å². The first-order valence-corrected chi connectivity index (χ1v) is 12.6. The molecule has 31 heavy (non-hydrogen) atoms. The van der Waals surface area contributed by atoms with Crippen LogP contribution in [0.15, 0.2) is 46.6 Å². The first-order chi connectivity index (χ1) is 14.6. The zero-order valence-electron chi connectivity index (χ0n) is 20.9. The van der Waals surface area contributed by atoms with Crippen LogP contribution in [0.25, 0.3) is 0 Å². The quantitative estimate of drug-likeness (QED) is 0.525.